The topological polar surface area (TPSA) is 70.9 Å². The highest BCUT2D eigenvalue weighted by molar-refractivity contribution is 9.10. The molecule has 0 aliphatic heterocycles. The van der Waals surface area contributed by atoms with Crippen molar-refractivity contribution in [2.45, 2.75) is 40.0 Å². The predicted molar refractivity (Wildman–Crippen MR) is 143 cm³/mol. The molecule has 1 aromatic heterocycles. The lowest BCUT2D eigenvalue weighted by Crippen LogP contribution is -2.27. The number of carbonyl (C=O) groups excluding carboxylic acids is 1. The first-order valence-electron chi connectivity index (χ1n) is 11.3. The van der Waals surface area contributed by atoms with E-state index >= 15 is 0 Å². The van der Waals surface area contributed by atoms with Gasteiger partial charge in [0.25, 0.3) is 5.91 Å². The number of aliphatic imine (C=N–C) groups is 1. The van der Waals surface area contributed by atoms with Gasteiger partial charge < -0.3 is 15.2 Å². The van der Waals surface area contributed by atoms with E-state index in [1.54, 1.807) is 29.7 Å². The molecule has 34 heavy (non-hydrogen) atoms. The van der Waals surface area contributed by atoms with Crippen molar-refractivity contribution >= 4 is 50.1 Å². The fraction of sp³-hybridized carbons (Fsp3) is 0.333. The van der Waals surface area contributed by atoms with Gasteiger partial charge in [-0.2, -0.15) is 0 Å². The Hall–Kier alpha value is -2.64. The number of amides is 1. The number of nitrogens with one attached hydrogen (secondary N) is 1. The van der Waals surface area contributed by atoms with Crippen molar-refractivity contribution in [3.8, 4) is 11.5 Å². The van der Waals surface area contributed by atoms with Crippen LogP contribution < -0.4 is 10.1 Å². The zero-order chi connectivity index (χ0) is 24.5. The van der Waals surface area contributed by atoms with Crippen LogP contribution in [0.3, 0.4) is 0 Å². The molecule has 4 rings (SSSR count). The maximum atomic E-state index is 13.4. The summed E-state index contributed by atoms with van der Waals surface area (Å²) in [6, 6.07) is 13.0. The lowest BCUT2D eigenvalue weighted by Gasteiger charge is -2.33. The molecule has 0 saturated carbocycles. The van der Waals surface area contributed by atoms with Gasteiger partial charge in [-0.15, -0.1) is 11.3 Å². The molecule has 1 amide bonds. The maximum Gasteiger partial charge on any atom is 0.259 e. The van der Waals surface area contributed by atoms with Crippen LogP contribution in [0.25, 0.3) is 0 Å². The predicted octanol–water partition coefficient (Wildman–Crippen LogP) is 7.38. The number of halogens is 1. The Kier molecular flexibility index (Phi) is 7.14. The highest BCUT2D eigenvalue weighted by atomic mass is 79.9. The Morgan fingerprint density at radius 1 is 1.26 bits per heavy atom. The molecular formula is C27H29BrN2O3S. The summed E-state index contributed by atoms with van der Waals surface area (Å²) in [6.07, 6.45) is 4.61. The Morgan fingerprint density at radius 3 is 2.68 bits per heavy atom. The van der Waals surface area contributed by atoms with E-state index in [-0.39, 0.29) is 17.1 Å². The average Bonchev–Trinajstić information content (AvgIpc) is 3.17. The number of rotatable bonds is 5. The number of methoxy groups -OCH3 is 1. The molecule has 1 aliphatic carbocycles. The Balaban J connectivity index is 1.72. The fourth-order valence-electron chi connectivity index (χ4n) is 4.31. The summed E-state index contributed by atoms with van der Waals surface area (Å²) in [5.41, 5.74) is 3.52. The number of hydrogen-bond acceptors (Lipinski definition) is 5. The van der Waals surface area contributed by atoms with Crippen LogP contribution >= 0.6 is 27.3 Å². The van der Waals surface area contributed by atoms with Crippen molar-refractivity contribution in [1.29, 1.82) is 0 Å². The summed E-state index contributed by atoms with van der Waals surface area (Å²) < 4.78 is 5.78. The van der Waals surface area contributed by atoms with E-state index in [0.29, 0.717) is 26.7 Å². The number of ether oxygens (including phenoxy) is 1. The SMILES string of the molecule is COc1cc(C=Nc2sc3c(c2C(=O)Nc2ccccc2)CC[C@@H](C(C)(C)C)C3)cc(Br)c1O. The normalized spacial score (nSPS) is 15.9. The molecular weight excluding hydrogens is 512 g/mol. The first-order chi connectivity index (χ1) is 16.2. The van der Waals surface area contributed by atoms with Crippen molar-refractivity contribution < 1.29 is 14.6 Å². The second-order valence-electron chi connectivity index (χ2n) is 9.62. The summed E-state index contributed by atoms with van der Waals surface area (Å²) in [7, 11) is 1.51. The number of para-hydroxylation sites is 1. The number of anilines is 1. The number of thiophene rings is 1. The molecule has 1 aliphatic rings. The van der Waals surface area contributed by atoms with Gasteiger partial charge >= 0.3 is 0 Å². The monoisotopic (exact) mass is 540 g/mol. The largest absolute Gasteiger partial charge is 0.503 e. The number of benzene rings is 2. The molecule has 2 N–H and O–H groups in total. The summed E-state index contributed by atoms with van der Waals surface area (Å²) >= 11 is 4.96. The zero-order valence-electron chi connectivity index (χ0n) is 19.8. The van der Waals surface area contributed by atoms with Crippen molar-refractivity contribution in [2.75, 3.05) is 12.4 Å². The van der Waals surface area contributed by atoms with Crippen molar-refractivity contribution in [1.82, 2.24) is 0 Å². The van der Waals surface area contributed by atoms with Gasteiger partial charge in [0.2, 0.25) is 0 Å². The minimum atomic E-state index is -0.130. The smallest absolute Gasteiger partial charge is 0.259 e. The van der Waals surface area contributed by atoms with Gasteiger partial charge in [-0.3, -0.25) is 4.79 Å². The molecule has 0 radical (unpaired) electrons. The standard InChI is InChI=1S/C27H29BrN2O3S/c1-27(2,3)17-10-11-19-22(14-17)34-26(23(19)25(32)30-18-8-6-5-7-9-18)29-15-16-12-20(28)24(31)21(13-16)33-4/h5-9,12-13,15,17,31H,10-11,14H2,1-4H3,(H,30,32)/t17-/m1/s1. The third kappa shape index (κ3) is 5.20. The third-order valence-corrected chi connectivity index (χ3v) is 8.10. The van der Waals surface area contributed by atoms with Crippen LogP contribution in [-0.2, 0) is 12.8 Å². The quantitative estimate of drug-likeness (QED) is 0.331. The van der Waals surface area contributed by atoms with Crippen LogP contribution in [0.4, 0.5) is 10.7 Å². The number of carbonyl (C=O) groups is 1. The Labute approximate surface area is 213 Å². The number of phenols is 1. The maximum absolute atomic E-state index is 13.4. The average molecular weight is 542 g/mol. The summed E-state index contributed by atoms with van der Waals surface area (Å²) in [4.78, 5) is 19.4. The number of phenolic OH excluding ortho intramolecular Hbond substituents is 1. The number of hydrogen-bond donors (Lipinski definition) is 2. The number of fused-ring (bicyclic) bond motifs is 1. The summed E-state index contributed by atoms with van der Waals surface area (Å²) in [5.74, 6) is 0.839. The van der Waals surface area contributed by atoms with Crippen LogP contribution in [0, 0.1) is 11.3 Å². The van der Waals surface area contributed by atoms with E-state index in [4.69, 9.17) is 9.73 Å². The van der Waals surface area contributed by atoms with E-state index in [2.05, 4.69) is 42.0 Å². The Morgan fingerprint density at radius 2 is 2.00 bits per heavy atom. The molecule has 1 atom stereocenters. The molecule has 0 saturated heterocycles. The number of aromatic hydroxyl groups is 1. The highest BCUT2D eigenvalue weighted by Crippen LogP contribution is 2.45. The molecule has 2 aromatic carbocycles. The summed E-state index contributed by atoms with van der Waals surface area (Å²) in [5, 5.41) is 13.8. The van der Waals surface area contributed by atoms with E-state index in [1.807, 2.05) is 30.3 Å². The van der Waals surface area contributed by atoms with Crippen molar-refractivity contribution in [3.05, 3.63) is 68.5 Å². The zero-order valence-corrected chi connectivity index (χ0v) is 22.2. The van der Waals surface area contributed by atoms with Crippen LogP contribution in [0.2, 0.25) is 0 Å². The minimum absolute atomic E-state index is 0.0439. The first-order valence-corrected chi connectivity index (χ1v) is 12.9. The van der Waals surface area contributed by atoms with Gasteiger partial charge in [-0.05, 0) is 81.9 Å². The van der Waals surface area contributed by atoms with E-state index in [0.717, 1.165) is 36.1 Å². The lowest BCUT2D eigenvalue weighted by molar-refractivity contribution is 0.102. The van der Waals surface area contributed by atoms with E-state index in [9.17, 15) is 9.90 Å². The van der Waals surface area contributed by atoms with Gasteiger partial charge in [0.1, 0.15) is 5.00 Å². The van der Waals surface area contributed by atoms with Gasteiger partial charge in [-0.1, -0.05) is 39.0 Å². The van der Waals surface area contributed by atoms with Crippen molar-refractivity contribution in [2.24, 2.45) is 16.3 Å². The second-order valence-corrected chi connectivity index (χ2v) is 11.6. The van der Waals surface area contributed by atoms with Gasteiger partial charge in [0, 0.05) is 16.8 Å². The van der Waals surface area contributed by atoms with Gasteiger partial charge in [-0.25, -0.2) is 4.99 Å². The first kappa shape index (κ1) is 24.5. The molecule has 0 bridgehead atoms. The van der Waals surface area contributed by atoms with Crippen LogP contribution in [0.5, 0.6) is 11.5 Å². The molecule has 178 valence electrons. The third-order valence-electron chi connectivity index (χ3n) is 6.33. The molecule has 1 heterocycles. The van der Waals surface area contributed by atoms with Gasteiger partial charge in [0.05, 0.1) is 17.1 Å². The minimum Gasteiger partial charge on any atom is -0.503 e. The van der Waals surface area contributed by atoms with E-state index < -0.39 is 0 Å². The van der Waals surface area contributed by atoms with Crippen LogP contribution in [0.15, 0.2) is 51.9 Å². The van der Waals surface area contributed by atoms with Crippen molar-refractivity contribution in [3.63, 3.8) is 0 Å². The molecule has 5 nitrogen and oxygen atoms in total. The molecule has 7 heteroatoms. The highest BCUT2D eigenvalue weighted by Gasteiger charge is 2.33. The molecule has 0 unspecified atom stereocenters. The number of nitrogens with zero attached hydrogens (tertiary/aromatic N) is 1. The van der Waals surface area contributed by atoms with Gasteiger partial charge in [0.15, 0.2) is 11.5 Å². The summed E-state index contributed by atoms with van der Waals surface area (Å²) in [6.45, 7) is 6.86. The fourth-order valence-corrected chi connectivity index (χ4v) is 6.04. The second kappa shape index (κ2) is 9.92. The molecule has 3 aromatic rings. The van der Waals surface area contributed by atoms with E-state index in [1.165, 1.54) is 12.0 Å². The molecule has 0 spiro atoms. The van der Waals surface area contributed by atoms with Crippen LogP contribution in [0.1, 0.15) is 53.6 Å². The van der Waals surface area contributed by atoms with Crippen LogP contribution in [-0.4, -0.2) is 24.3 Å². The lowest BCUT2D eigenvalue weighted by atomic mass is 9.72. The molecule has 0 fully saturated rings. The Bertz CT molecular complexity index is 1230.